The number of hydrogen-bond acceptors (Lipinski definition) is 6. The van der Waals surface area contributed by atoms with E-state index in [2.05, 4.69) is 9.97 Å². The lowest BCUT2D eigenvalue weighted by molar-refractivity contribution is -0.129. The van der Waals surface area contributed by atoms with Crippen molar-refractivity contribution in [2.75, 3.05) is 37.3 Å². The van der Waals surface area contributed by atoms with Gasteiger partial charge in [-0.05, 0) is 25.3 Å². The molecule has 6 nitrogen and oxygen atoms in total. The van der Waals surface area contributed by atoms with E-state index >= 15 is 0 Å². The second kappa shape index (κ2) is 6.04. The average molecular weight is 293 g/mol. The fraction of sp³-hybridized carbons (Fsp3) is 0.462. The molecule has 2 aromatic heterocycles. The third kappa shape index (κ3) is 2.82. The molecule has 0 saturated carbocycles. The Bertz CT molecular complexity index is 608. The van der Waals surface area contributed by atoms with Crippen LogP contribution in [-0.2, 0) is 4.79 Å². The first kappa shape index (κ1) is 14.5. The minimum atomic E-state index is 0.0815. The Hall–Kier alpha value is -1.89. The standard InChI is InChI=1S/C13H19N5OS/c1-4-18(5-2)10(19)8-17(3)11-9-6-7-20-12(9)16-13(14)15-11/h6-7H,4-5,8H2,1-3H3,(H2,14,15,16). The van der Waals surface area contributed by atoms with Gasteiger partial charge in [-0.1, -0.05) is 0 Å². The number of carbonyl (C=O) groups excluding carboxylic acids is 1. The highest BCUT2D eigenvalue weighted by Crippen LogP contribution is 2.27. The second-order valence-corrected chi connectivity index (χ2v) is 5.36. The number of aromatic nitrogens is 2. The van der Waals surface area contributed by atoms with Crippen LogP contribution in [-0.4, -0.2) is 47.5 Å². The fourth-order valence-corrected chi connectivity index (χ4v) is 2.87. The van der Waals surface area contributed by atoms with E-state index in [1.54, 1.807) is 4.90 Å². The summed E-state index contributed by atoms with van der Waals surface area (Å²) in [5.74, 6) is 1.02. The Morgan fingerprint density at radius 2 is 2.05 bits per heavy atom. The molecule has 0 unspecified atom stereocenters. The quantitative estimate of drug-likeness (QED) is 0.906. The zero-order valence-corrected chi connectivity index (χ0v) is 12.8. The molecule has 2 heterocycles. The average Bonchev–Trinajstić information content (AvgIpc) is 2.86. The molecule has 0 aliphatic heterocycles. The summed E-state index contributed by atoms with van der Waals surface area (Å²) >= 11 is 1.51. The molecule has 2 aromatic rings. The van der Waals surface area contributed by atoms with E-state index < -0.39 is 0 Å². The first-order valence-electron chi connectivity index (χ1n) is 6.56. The summed E-state index contributed by atoms with van der Waals surface area (Å²) in [4.78, 5) is 25.1. The third-order valence-corrected chi connectivity index (χ3v) is 3.98. The van der Waals surface area contributed by atoms with Crippen molar-refractivity contribution in [3.63, 3.8) is 0 Å². The normalized spacial score (nSPS) is 10.8. The zero-order chi connectivity index (χ0) is 14.7. The molecule has 2 rings (SSSR count). The Balaban J connectivity index is 2.25. The van der Waals surface area contributed by atoms with Crippen LogP contribution >= 0.6 is 11.3 Å². The summed E-state index contributed by atoms with van der Waals surface area (Å²) in [6, 6.07) is 1.95. The molecule has 108 valence electrons. The first-order valence-corrected chi connectivity index (χ1v) is 7.44. The monoisotopic (exact) mass is 293 g/mol. The van der Waals surface area contributed by atoms with E-state index in [4.69, 9.17) is 5.73 Å². The van der Waals surface area contributed by atoms with Crippen molar-refractivity contribution in [1.29, 1.82) is 0 Å². The van der Waals surface area contributed by atoms with Crippen LogP contribution in [0.3, 0.4) is 0 Å². The summed E-state index contributed by atoms with van der Waals surface area (Å²) in [5.41, 5.74) is 5.73. The summed E-state index contributed by atoms with van der Waals surface area (Å²) < 4.78 is 0. The third-order valence-electron chi connectivity index (χ3n) is 3.17. The first-order chi connectivity index (χ1) is 9.56. The van der Waals surface area contributed by atoms with Gasteiger partial charge in [0.15, 0.2) is 0 Å². The number of amides is 1. The van der Waals surface area contributed by atoms with E-state index in [1.165, 1.54) is 11.3 Å². The Morgan fingerprint density at radius 1 is 1.35 bits per heavy atom. The van der Waals surface area contributed by atoms with Gasteiger partial charge < -0.3 is 15.5 Å². The molecule has 0 atom stereocenters. The topological polar surface area (TPSA) is 75.4 Å². The second-order valence-electron chi connectivity index (χ2n) is 4.47. The van der Waals surface area contributed by atoms with Crippen LogP contribution in [0.4, 0.5) is 11.8 Å². The van der Waals surface area contributed by atoms with E-state index in [9.17, 15) is 4.79 Å². The lowest BCUT2D eigenvalue weighted by atomic mass is 10.3. The number of nitrogens with two attached hydrogens (primary N) is 1. The molecular formula is C13H19N5OS. The number of hydrogen-bond donors (Lipinski definition) is 1. The van der Waals surface area contributed by atoms with Crippen LogP contribution in [0.25, 0.3) is 10.2 Å². The van der Waals surface area contributed by atoms with Gasteiger partial charge in [0.2, 0.25) is 11.9 Å². The van der Waals surface area contributed by atoms with E-state index in [-0.39, 0.29) is 18.4 Å². The SMILES string of the molecule is CCN(CC)C(=O)CN(C)c1nc(N)nc2sccc12. The van der Waals surface area contributed by atoms with Crippen molar-refractivity contribution in [1.82, 2.24) is 14.9 Å². The van der Waals surface area contributed by atoms with Crippen molar-refractivity contribution in [3.05, 3.63) is 11.4 Å². The van der Waals surface area contributed by atoms with Gasteiger partial charge in [-0.2, -0.15) is 4.98 Å². The molecule has 0 aliphatic carbocycles. The summed E-state index contributed by atoms with van der Waals surface area (Å²) in [5, 5.41) is 2.88. The van der Waals surface area contributed by atoms with Gasteiger partial charge in [-0.15, -0.1) is 11.3 Å². The van der Waals surface area contributed by atoms with Crippen molar-refractivity contribution < 1.29 is 4.79 Å². The highest BCUT2D eigenvalue weighted by molar-refractivity contribution is 7.16. The highest BCUT2D eigenvalue weighted by Gasteiger charge is 2.16. The minimum absolute atomic E-state index is 0.0815. The molecule has 0 bridgehead atoms. The van der Waals surface area contributed by atoms with Crippen LogP contribution in [0.1, 0.15) is 13.8 Å². The predicted octanol–water partition coefficient (Wildman–Crippen LogP) is 1.58. The molecule has 0 aromatic carbocycles. The zero-order valence-electron chi connectivity index (χ0n) is 12.0. The largest absolute Gasteiger partial charge is 0.368 e. The minimum Gasteiger partial charge on any atom is -0.368 e. The highest BCUT2D eigenvalue weighted by atomic mass is 32.1. The summed E-state index contributed by atoms with van der Waals surface area (Å²) in [6.07, 6.45) is 0. The van der Waals surface area contributed by atoms with Crippen LogP contribution < -0.4 is 10.6 Å². The number of carbonyl (C=O) groups is 1. The molecule has 0 radical (unpaired) electrons. The summed E-state index contributed by atoms with van der Waals surface area (Å²) in [6.45, 7) is 5.65. The number of anilines is 2. The van der Waals surface area contributed by atoms with Crippen LogP contribution in [0, 0.1) is 0 Å². The molecular weight excluding hydrogens is 274 g/mol. The van der Waals surface area contributed by atoms with Gasteiger partial charge in [0.25, 0.3) is 0 Å². The number of nitrogen functional groups attached to an aromatic ring is 1. The smallest absolute Gasteiger partial charge is 0.242 e. The number of nitrogens with zero attached hydrogens (tertiary/aromatic N) is 4. The molecule has 0 spiro atoms. The Labute approximate surface area is 122 Å². The molecule has 0 fully saturated rings. The van der Waals surface area contributed by atoms with Gasteiger partial charge in [-0.25, -0.2) is 4.98 Å². The Kier molecular flexibility index (Phi) is 4.39. The molecule has 7 heteroatoms. The summed E-state index contributed by atoms with van der Waals surface area (Å²) in [7, 11) is 1.85. The van der Waals surface area contributed by atoms with Crippen LogP contribution in [0.15, 0.2) is 11.4 Å². The van der Waals surface area contributed by atoms with Gasteiger partial charge in [0, 0.05) is 20.1 Å². The van der Waals surface area contributed by atoms with Crippen LogP contribution in [0.2, 0.25) is 0 Å². The molecule has 2 N–H and O–H groups in total. The van der Waals surface area contributed by atoms with Crippen molar-refractivity contribution >= 4 is 39.2 Å². The lowest BCUT2D eigenvalue weighted by Gasteiger charge is -2.24. The number of likely N-dealkylation sites (N-methyl/N-ethyl adjacent to an activating group) is 2. The molecule has 1 amide bonds. The number of rotatable bonds is 5. The van der Waals surface area contributed by atoms with Crippen molar-refractivity contribution in [2.45, 2.75) is 13.8 Å². The lowest BCUT2D eigenvalue weighted by Crippen LogP contribution is -2.39. The maximum Gasteiger partial charge on any atom is 0.242 e. The number of fused-ring (bicyclic) bond motifs is 1. The van der Waals surface area contributed by atoms with E-state index in [0.717, 1.165) is 10.2 Å². The van der Waals surface area contributed by atoms with Gasteiger partial charge in [-0.3, -0.25) is 4.79 Å². The van der Waals surface area contributed by atoms with Gasteiger partial charge in [0.05, 0.1) is 11.9 Å². The van der Waals surface area contributed by atoms with Gasteiger partial charge in [0.1, 0.15) is 10.6 Å². The fourth-order valence-electron chi connectivity index (χ4n) is 2.10. The maximum absolute atomic E-state index is 12.2. The van der Waals surface area contributed by atoms with Gasteiger partial charge >= 0.3 is 0 Å². The maximum atomic E-state index is 12.2. The van der Waals surface area contributed by atoms with Crippen molar-refractivity contribution in [2.24, 2.45) is 0 Å². The van der Waals surface area contributed by atoms with Crippen LogP contribution in [0.5, 0.6) is 0 Å². The molecule has 0 aliphatic rings. The Morgan fingerprint density at radius 3 is 2.70 bits per heavy atom. The molecule has 0 saturated heterocycles. The van der Waals surface area contributed by atoms with E-state index in [1.807, 2.05) is 37.2 Å². The van der Waals surface area contributed by atoms with Crippen molar-refractivity contribution in [3.8, 4) is 0 Å². The number of thiophene rings is 1. The predicted molar refractivity (Wildman–Crippen MR) is 83.0 cm³/mol. The van der Waals surface area contributed by atoms with E-state index in [0.29, 0.717) is 18.9 Å². The molecule has 20 heavy (non-hydrogen) atoms.